The Balaban J connectivity index is 2.23. The Kier molecular flexibility index (Phi) is 3.87. The number of anilines is 1. The zero-order valence-electron chi connectivity index (χ0n) is 10.0. The van der Waals surface area contributed by atoms with Gasteiger partial charge in [0.2, 0.25) is 0 Å². The van der Waals surface area contributed by atoms with Gasteiger partial charge in [0, 0.05) is 5.56 Å². The predicted molar refractivity (Wildman–Crippen MR) is 72.2 cm³/mol. The average Bonchev–Trinajstić information content (AvgIpc) is 2.43. The van der Waals surface area contributed by atoms with Gasteiger partial charge in [-0.3, -0.25) is 4.79 Å². The van der Waals surface area contributed by atoms with Gasteiger partial charge in [0.05, 0.1) is 22.3 Å². The summed E-state index contributed by atoms with van der Waals surface area (Å²) in [5.74, 6) is -1.43. The van der Waals surface area contributed by atoms with E-state index in [9.17, 15) is 14.3 Å². The Morgan fingerprint density at radius 3 is 2.65 bits per heavy atom. The topological polar surface area (TPSA) is 73.1 Å². The minimum absolute atomic E-state index is 0.0259. The van der Waals surface area contributed by atoms with Gasteiger partial charge in [0.25, 0.3) is 5.91 Å². The van der Waals surface area contributed by atoms with Gasteiger partial charge in [-0.1, -0.05) is 11.6 Å². The van der Waals surface area contributed by atoms with Crippen LogP contribution in [0.5, 0.6) is 5.75 Å². The monoisotopic (exact) mass is 290 g/mol. The number of amides is 1. The maximum atomic E-state index is 13.6. The van der Waals surface area contributed by atoms with Crippen LogP contribution in [-0.4, -0.2) is 11.0 Å². The van der Waals surface area contributed by atoms with Crippen molar-refractivity contribution < 1.29 is 14.3 Å². The van der Waals surface area contributed by atoms with Gasteiger partial charge >= 0.3 is 0 Å². The lowest BCUT2D eigenvalue weighted by Gasteiger charge is -2.07. The number of carbonyl (C=O) groups excluding carboxylic acids is 1. The van der Waals surface area contributed by atoms with Crippen LogP contribution in [0.3, 0.4) is 0 Å². The van der Waals surface area contributed by atoms with Gasteiger partial charge in [0.1, 0.15) is 11.6 Å². The number of phenols is 1. The number of halogens is 2. The van der Waals surface area contributed by atoms with E-state index < -0.39 is 11.7 Å². The highest BCUT2D eigenvalue weighted by molar-refractivity contribution is 6.32. The first-order valence-corrected chi connectivity index (χ1v) is 5.88. The van der Waals surface area contributed by atoms with Crippen molar-refractivity contribution in [3.63, 3.8) is 0 Å². The molecule has 2 rings (SSSR count). The smallest absolute Gasteiger partial charge is 0.255 e. The molecule has 0 unspecified atom stereocenters. The molecule has 0 fully saturated rings. The van der Waals surface area contributed by atoms with Crippen LogP contribution in [-0.2, 0) is 0 Å². The van der Waals surface area contributed by atoms with Crippen LogP contribution in [0.2, 0.25) is 5.02 Å². The Morgan fingerprint density at radius 1 is 1.30 bits per heavy atom. The molecule has 100 valence electrons. The van der Waals surface area contributed by atoms with Gasteiger partial charge in [-0.05, 0) is 36.4 Å². The van der Waals surface area contributed by atoms with Crippen molar-refractivity contribution in [1.29, 1.82) is 5.26 Å². The molecule has 0 spiro atoms. The fourth-order valence-electron chi connectivity index (χ4n) is 1.53. The highest BCUT2D eigenvalue weighted by atomic mass is 35.5. The standard InChI is InChI=1S/C14H8ClFN2O2/c15-10-6-9(2-4-13(10)19)14(20)18-12-3-1-8(7-17)5-11(12)16/h1-6,19H,(H,18,20). The fourth-order valence-corrected chi connectivity index (χ4v) is 1.71. The van der Waals surface area contributed by atoms with Crippen molar-refractivity contribution in [2.75, 3.05) is 5.32 Å². The first-order valence-electron chi connectivity index (χ1n) is 5.51. The highest BCUT2D eigenvalue weighted by Gasteiger charge is 2.11. The maximum Gasteiger partial charge on any atom is 0.255 e. The third-order valence-electron chi connectivity index (χ3n) is 2.56. The lowest BCUT2D eigenvalue weighted by Crippen LogP contribution is -2.13. The number of carbonyl (C=O) groups is 1. The molecule has 20 heavy (non-hydrogen) atoms. The maximum absolute atomic E-state index is 13.6. The molecule has 0 radical (unpaired) electrons. The second-order valence-corrected chi connectivity index (χ2v) is 4.33. The molecule has 0 aromatic heterocycles. The van der Waals surface area contributed by atoms with Crippen molar-refractivity contribution in [3.8, 4) is 11.8 Å². The summed E-state index contributed by atoms with van der Waals surface area (Å²) in [6.07, 6.45) is 0. The van der Waals surface area contributed by atoms with Crippen LogP contribution in [0, 0.1) is 17.1 Å². The minimum Gasteiger partial charge on any atom is -0.506 e. The Labute approximate surface area is 119 Å². The molecule has 0 aliphatic rings. The van der Waals surface area contributed by atoms with E-state index in [0.29, 0.717) is 0 Å². The van der Waals surface area contributed by atoms with E-state index in [1.54, 1.807) is 6.07 Å². The van der Waals surface area contributed by atoms with E-state index in [1.165, 1.54) is 30.3 Å². The second kappa shape index (κ2) is 5.59. The molecule has 2 N–H and O–H groups in total. The molecule has 0 aliphatic carbocycles. The Hall–Kier alpha value is -2.58. The first-order chi connectivity index (χ1) is 9.51. The van der Waals surface area contributed by atoms with Crippen molar-refractivity contribution >= 4 is 23.2 Å². The third-order valence-corrected chi connectivity index (χ3v) is 2.86. The summed E-state index contributed by atoms with van der Waals surface area (Å²) < 4.78 is 13.6. The molecule has 0 heterocycles. The van der Waals surface area contributed by atoms with Crippen LogP contribution in [0.1, 0.15) is 15.9 Å². The van der Waals surface area contributed by atoms with Crippen molar-refractivity contribution in [3.05, 3.63) is 58.4 Å². The largest absolute Gasteiger partial charge is 0.506 e. The number of rotatable bonds is 2. The van der Waals surface area contributed by atoms with Crippen LogP contribution < -0.4 is 5.32 Å². The average molecular weight is 291 g/mol. The number of nitriles is 1. The highest BCUT2D eigenvalue weighted by Crippen LogP contribution is 2.24. The van der Waals surface area contributed by atoms with E-state index in [2.05, 4.69) is 5.32 Å². The summed E-state index contributed by atoms with van der Waals surface area (Å²) in [6, 6.07) is 9.41. The van der Waals surface area contributed by atoms with Gasteiger partial charge in [-0.15, -0.1) is 0 Å². The number of nitrogens with zero attached hydrogens (tertiary/aromatic N) is 1. The van der Waals surface area contributed by atoms with Crippen LogP contribution in [0.25, 0.3) is 0 Å². The van der Waals surface area contributed by atoms with Crippen molar-refractivity contribution in [2.45, 2.75) is 0 Å². The zero-order chi connectivity index (χ0) is 14.7. The first kappa shape index (κ1) is 13.8. The molecule has 0 aliphatic heterocycles. The van der Waals surface area contributed by atoms with Crippen molar-refractivity contribution in [2.24, 2.45) is 0 Å². The predicted octanol–water partition coefficient (Wildman–Crippen LogP) is 3.31. The number of hydrogen-bond donors (Lipinski definition) is 2. The molecule has 0 saturated heterocycles. The summed E-state index contributed by atoms with van der Waals surface area (Å²) >= 11 is 5.69. The third kappa shape index (κ3) is 2.87. The van der Waals surface area contributed by atoms with E-state index >= 15 is 0 Å². The number of aromatic hydroxyl groups is 1. The van der Waals surface area contributed by atoms with Gasteiger partial charge in [0.15, 0.2) is 0 Å². The Morgan fingerprint density at radius 2 is 2.05 bits per heavy atom. The van der Waals surface area contributed by atoms with E-state index in [-0.39, 0.29) is 27.6 Å². The quantitative estimate of drug-likeness (QED) is 0.891. The molecule has 4 nitrogen and oxygen atoms in total. The molecule has 2 aromatic rings. The van der Waals surface area contributed by atoms with Crippen LogP contribution in [0.15, 0.2) is 36.4 Å². The number of nitrogens with one attached hydrogen (secondary N) is 1. The molecule has 1 amide bonds. The molecule has 0 saturated carbocycles. The number of phenolic OH excluding ortho intramolecular Hbond substituents is 1. The summed E-state index contributed by atoms with van der Waals surface area (Å²) in [6.45, 7) is 0. The molecule has 0 atom stereocenters. The van der Waals surface area contributed by atoms with Crippen molar-refractivity contribution in [1.82, 2.24) is 0 Å². The summed E-state index contributed by atoms with van der Waals surface area (Å²) in [7, 11) is 0. The minimum atomic E-state index is -0.706. The normalized spacial score (nSPS) is 9.85. The molecular weight excluding hydrogens is 283 g/mol. The van der Waals surface area contributed by atoms with E-state index in [4.69, 9.17) is 16.9 Å². The van der Waals surface area contributed by atoms with E-state index in [1.807, 2.05) is 0 Å². The van der Waals surface area contributed by atoms with Crippen LogP contribution >= 0.6 is 11.6 Å². The fraction of sp³-hybridized carbons (Fsp3) is 0. The van der Waals surface area contributed by atoms with Gasteiger partial charge in [-0.2, -0.15) is 5.26 Å². The zero-order valence-corrected chi connectivity index (χ0v) is 10.8. The molecule has 0 bridgehead atoms. The number of benzene rings is 2. The SMILES string of the molecule is N#Cc1ccc(NC(=O)c2ccc(O)c(Cl)c2)c(F)c1. The van der Waals surface area contributed by atoms with E-state index in [0.717, 1.165) is 6.07 Å². The summed E-state index contributed by atoms with van der Waals surface area (Å²) in [5, 5.41) is 20.3. The molecule has 6 heteroatoms. The second-order valence-electron chi connectivity index (χ2n) is 3.93. The molecular formula is C14H8ClFN2O2. The lowest BCUT2D eigenvalue weighted by atomic mass is 10.1. The number of hydrogen-bond acceptors (Lipinski definition) is 3. The van der Waals surface area contributed by atoms with Crippen LogP contribution in [0.4, 0.5) is 10.1 Å². The van der Waals surface area contributed by atoms with Gasteiger partial charge < -0.3 is 10.4 Å². The lowest BCUT2D eigenvalue weighted by molar-refractivity contribution is 0.102. The summed E-state index contributed by atoms with van der Waals surface area (Å²) in [4.78, 5) is 11.9. The Bertz CT molecular complexity index is 726. The summed E-state index contributed by atoms with van der Waals surface area (Å²) in [5.41, 5.74) is 0.294. The molecule has 2 aromatic carbocycles. The van der Waals surface area contributed by atoms with Gasteiger partial charge in [-0.25, -0.2) is 4.39 Å².